The first-order valence-corrected chi connectivity index (χ1v) is 8.72. The number of carbonyl (C=O) groups excluding carboxylic acids is 1. The summed E-state index contributed by atoms with van der Waals surface area (Å²) < 4.78 is 19.5. The number of benzene rings is 2. The number of nitrogens with zero attached hydrogens (tertiary/aromatic N) is 2. The second kappa shape index (κ2) is 9.34. The highest BCUT2D eigenvalue weighted by Gasteiger charge is 2.13. The molecule has 0 N–H and O–H groups in total. The lowest BCUT2D eigenvalue weighted by Crippen LogP contribution is -2.38. The van der Waals surface area contributed by atoms with Crippen molar-refractivity contribution in [2.75, 3.05) is 33.8 Å². The van der Waals surface area contributed by atoms with Crippen molar-refractivity contribution in [1.29, 1.82) is 0 Å². The van der Waals surface area contributed by atoms with Gasteiger partial charge in [-0.3, -0.25) is 9.69 Å². The molecule has 2 aromatic rings. The number of amides is 1. The zero-order valence-corrected chi connectivity index (χ0v) is 16.0. The molecule has 0 radical (unpaired) electrons. The molecule has 5 heteroatoms. The van der Waals surface area contributed by atoms with Gasteiger partial charge >= 0.3 is 0 Å². The largest absolute Gasteiger partial charge is 0.492 e. The molecule has 0 saturated heterocycles. The van der Waals surface area contributed by atoms with Crippen molar-refractivity contribution in [3.8, 4) is 5.75 Å². The number of hydrogen-bond acceptors (Lipinski definition) is 3. The molecule has 0 aliphatic carbocycles. The van der Waals surface area contributed by atoms with E-state index >= 15 is 0 Å². The molecule has 140 valence electrons. The second-order valence-corrected chi connectivity index (χ2v) is 6.75. The first-order chi connectivity index (χ1) is 12.3. The van der Waals surface area contributed by atoms with E-state index in [0.29, 0.717) is 18.7 Å². The highest BCUT2D eigenvalue weighted by Crippen LogP contribution is 2.16. The van der Waals surface area contributed by atoms with Crippen molar-refractivity contribution in [3.05, 3.63) is 65.0 Å². The van der Waals surface area contributed by atoms with E-state index in [4.69, 9.17) is 4.74 Å². The van der Waals surface area contributed by atoms with E-state index in [1.54, 1.807) is 30.1 Å². The standard InChI is InChI=1S/C21H27FN2O2/c1-16-11-17(2)13-19(12-16)26-10-9-23(3)15-21(25)24(4)14-18-7-5-6-8-20(18)22/h5-8,11-13H,9-10,14-15H2,1-4H3. The summed E-state index contributed by atoms with van der Waals surface area (Å²) in [6.07, 6.45) is 0. The van der Waals surface area contributed by atoms with Gasteiger partial charge in [-0.2, -0.15) is 0 Å². The van der Waals surface area contributed by atoms with Crippen molar-refractivity contribution < 1.29 is 13.9 Å². The van der Waals surface area contributed by atoms with Crippen LogP contribution in [-0.4, -0.2) is 49.5 Å². The van der Waals surface area contributed by atoms with Gasteiger partial charge in [-0.25, -0.2) is 4.39 Å². The second-order valence-electron chi connectivity index (χ2n) is 6.75. The minimum absolute atomic E-state index is 0.0536. The van der Waals surface area contributed by atoms with E-state index in [0.717, 1.165) is 5.75 Å². The van der Waals surface area contributed by atoms with Crippen molar-refractivity contribution >= 4 is 5.91 Å². The van der Waals surface area contributed by atoms with Gasteiger partial charge in [0.1, 0.15) is 18.2 Å². The SMILES string of the molecule is Cc1cc(C)cc(OCCN(C)CC(=O)N(C)Cc2ccccc2F)c1. The Hall–Kier alpha value is -2.40. The zero-order valence-electron chi connectivity index (χ0n) is 16.0. The topological polar surface area (TPSA) is 32.8 Å². The monoisotopic (exact) mass is 358 g/mol. The molecule has 26 heavy (non-hydrogen) atoms. The molecule has 0 heterocycles. The van der Waals surface area contributed by atoms with Crippen molar-refractivity contribution in [2.24, 2.45) is 0 Å². The molecule has 0 atom stereocenters. The fraction of sp³-hybridized carbons (Fsp3) is 0.381. The molecule has 0 fully saturated rings. The van der Waals surface area contributed by atoms with Crippen molar-refractivity contribution in [1.82, 2.24) is 9.80 Å². The van der Waals surface area contributed by atoms with Crippen LogP contribution in [-0.2, 0) is 11.3 Å². The van der Waals surface area contributed by atoms with Crippen LogP contribution in [0.4, 0.5) is 4.39 Å². The predicted octanol–water partition coefficient (Wildman–Crippen LogP) is 3.41. The quantitative estimate of drug-likeness (QED) is 0.725. The van der Waals surface area contributed by atoms with E-state index in [2.05, 4.69) is 6.07 Å². The Labute approximate surface area is 155 Å². The van der Waals surface area contributed by atoms with E-state index in [9.17, 15) is 9.18 Å². The fourth-order valence-electron chi connectivity index (χ4n) is 2.74. The Morgan fingerprint density at radius 2 is 1.73 bits per heavy atom. The molecule has 4 nitrogen and oxygen atoms in total. The molecule has 0 aliphatic heterocycles. The number of carbonyl (C=O) groups is 1. The average Bonchev–Trinajstić information content (AvgIpc) is 2.56. The molecule has 0 saturated carbocycles. The molecule has 2 aromatic carbocycles. The third-order valence-electron chi connectivity index (χ3n) is 4.13. The molecular weight excluding hydrogens is 331 g/mol. The Kier molecular flexibility index (Phi) is 7.16. The average molecular weight is 358 g/mol. The van der Waals surface area contributed by atoms with E-state index in [1.807, 2.05) is 37.9 Å². The molecule has 1 amide bonds. The Balaban J connectivity index is 1.76. The van der Waals surface area contributed by atoms with Gasteiger partial charge in [-0.15, -0.1) is 0 Å². The van der Waals surface area contributed by atoms with Crippen LogP contribution >= 0.6 is 0 Å². The van der Waals surface area contributed by atoms with Crippen LogP contribution in [0, 0.1) is 19.7 Å². The third-order valence-corrected chi connectivity index (χ3v) is 4.13. The lowest BCUT2D eigenvalue weighted by atomic mass is 10.1. The summed E-state index contributed by atoms with van der Waals surface area (Å²) >= 11 is 0. The number of likely N-dealkylation sites (N-methyl/N-ethyl adjacent to an activating group) is 2. The van der Waals surface area contributed by atoms with Crippen LogP contribution in [0.2, 0.25) is 0 Å². The van der Waals surface area contributed by atoms with Crippen LogP contribution in [0.1, 0.15) is 16.7 Å². The minimum atomic E-state index is -0.289. The highest BCUT2D eigenvalue weighted by atomic mass is 19.1. The first kappa shape index (κ1) is 19.9. The molecule has 0 bridgehead atoms. The van der Waals surface area contributed by atoms with Crippen LogP contribution in [0.15, 0.2) is 42.5 Å². The van der Waals surface area contributed by atoms with Crippen LogP contribution in [0.25, 0.3) is 0 Å². The molecule has 0 aliphatic rings. The van der Waals surface area contributed by atoms with E-state index < -0.39 is 0 Å². The molecule has 0 aromatic heterocycles. The Morgan fingerprint density at radius 3 is 2.38 bits per heavy atom. The lowest BCUT2D eigenvalue weighted by Gasteiger charge is -2.22. The first-order valence-electron chi connectivity index (χ1n) is 8.72. The van der Waals surface area contributed by atoms with Crippen molar-refractivity contribution in [3.63, 3.8) is 0 Å². The summed E-state index contributed by atoms with van der Waals surface area (Å²) in [6.45, 7) is 5.74. The van der Waals surface area contributed by atoms with E-state index in [-0.39, 0.29) is 24.8 Å². The Bertz CT molecular complexity index is 728. The normalized spacial score (nSPS) is 10.8. The molecular formula is C21H27FN2O2. The van der Waals surface area contributed by atoms with Gasteiger partial charge in [-0.05, 0) is 50.2 Å². The van der Waals surface area contributed by atoms with Crippen molar-refractivity contribution in [2.45, 2.75) is 20.4 Å². The van der Waals surface area contributed by atoms with E-state index in [1.165, 1.54) is 17.2 Å². The zero-order chi connectivity index (χ0) is 19.1. The maximum atomic E-state index is 13.7. The summed E-state index contributed by atoms with van der Waals surface area (Å²) in [5.74, 6) is 0.503. The summed E-state index contributed by atoms with van der Waals surface area (Å²) in [5.41, 5.74) is 2.85. The lowest BCUT2D eigenvalue weighted by molar-refractivity contribution is -0.131. The summed E-state index contributed by atoms with van der Waals surface area (Å²) in [5, 5.41) is 0. The van der Waals surface area contributed by atoms with Gasteiger partial charge in [0.05, 0.1) is 6.54 Å². The highest BCUT2D eigenvalue weighted by molar-refractivity contribution is 5.77. The van der Waals surface area contributed by atoms with Crippen LogP contribution < -0.4 is 4.74 Å². The smallest absolute Gasteiger partial charge is 0.236 e. The number of rotatable bonds is 8. The molecule has 0 unspecified atom stereocenters. The summed E-state index contributed by atoms with van der Waals surface area (Å²) in [4.78, 5) is 15.8. The van der Waals surface area contributed by atoms with Crippen LogP contribution in [0.5, 0.6) is 5.75 Å². The van der Waals surface area contributed by atoms with Gasteiger partial charge in [-0.1, -0.05) is 24.3 Å². The Morgan fingerprint density at radius 1 is 1.08 bits per heavy atom. The number of aryl methyl sites for hydroxylation is 2. The molecule has 2 rings (SSSR count). The van der Waals surface area contributed by atoms with Crippen LogP contribution in [0.3, 0.4) is 0 Å². The van der Waals surface area contributed by atoms with Gasteiger partial charge in [0.2, 0.25) is 5.91 Å². The summed E-state index contributed by atoms with van der Waals surface area (Å²) in [6, 6.07) is 12.6. The number of hydrogen-bond donors (Lipinski definition) is 0. The maximum absolute atomic E-state index is 13.7. The molecule has 0 spiro atoms. The predicted molar refractivity (Wildman–Crippen MR) is 102 cm³/mol. The van der Waals surface area contributed by atoms with Gasteiger partial charge < -0.3 is 9.64 Å². The maximum Gasteiger partial charge on any atom is 0.236 e. The van der Waals surface area contributed by atoms with Gasteiger partial charge in [0.15, 0.2) is 0 Å². The number of ether oxygens (including phenoxy) is 1. The minimum Gasteiger partial charge on any atom is -0.492 e. The van der Waals surface area contributed by atoms with Gasteiger partial charge in [0.25, 0.3) is 0 Å². The van der Waals surface area contributed by atoms with Gasteiger partial charge in [0, 0.05) is 25.7 Å². The third kappa shape index (κ3) is 6.15. The number of halogens is 1. The summed E-state index contributed by atoms with van der Waals surface area (Å²) in [7, 11) is 3.56. The fourth-order valence-corrected chi connectivity index (χ4v) is 2.74.